The Balaban J connectivity index is 1.49. The van der Waals surface area contributed by atoms with Gasteiger partial charge in [0, 0.05) is 6.61 Å². The van der Waals surface area contributed by atoms with E-state index >= 15 is 0 Å². The maximum Gasteiger partial charge on any atom is 0.0431 e. The summed E-state index contributed by atoms with van der Waals surface area (Å²) in [7, 11) is 0. The quantitative estimate of drug-likeness (QED) is 0.687. The van der Waals surface area contributed by atoms with Crippen LogP contribution in [0.25, 0.3) is 0 Å². The minimum Gasteiger partial charge on any atom is -0.396 e. The second kappa shape index (κ2) is 4.91. The number of hydrogen-bond donors (Lipinski definition) is 1. The number of hydrogen-bond acceptors (Lipinski definition) is 1. The van der Waals surface area contributed by atoms with Gasteiger partial charge in [-0.15, -0.1) is 0 Å². The minimum absolute atomic E-state index is 0.386. The van der Waals surface area contributed by atoms with Gasteiger partial charge in [-0.2, -0.15) is 0 Å². The summed E-state index contributed by atoms with van der Waals surface area (Å²) in [6.45, 7) is 0.386. The van der Waals surface area contributed by atoms with E-state index in [1.807, 2.05) is 0 Å². The van der Waals surface area contributed by atoms with Crippen molar-refractivity contribution in [3.63, 3.8) is 0 Å². The predicted octanol–water partition coefficient (Wildman–Crippen LogP) is 4.15. The molecule has 0 aromatic rings. The van der Waals surface area contributed by atoms with E-state index in [2.05, 4.69) is 0 Å². The van der Waals surface area contributed by atoms with Gasteiger partial charge in [-0.3, -0.25) is 0 Å². The fraction of sp³-hybridized carbons (Fsp3) is 1.00. The molecule has 4 saturated carbocycles. The van der Waals surface area contributed by atoms with Crippen LogP contribution in [-0.2, 0) is 0 Å². The largest absolute Gasteiger partial charge is 0.396 e. The van der Waals surface area contributed by atoms with E-state index < -0.39 is 0 Å². The van der Waals surface area contributed by atoms with Crippen LogP contribution in [0.3, 0.4) is 0 Å². The molecule has 0 aromatic carbocycles. The highest BCUT2D eigenvalue weighted by Crippen LogP contribution is 2.61. The van der Waals surface area contributed by atoms with E-state index in [1.54, 1.807) is 38.5 Å². The Bertz CT molecular complexity index is 223. The topological polar surface area (TPSA) is 20.2 Å². The van der Waals surface area contributed by atoms with Crippen LogP contribution >= 0.6 is 0 Å². The first-order valence-electron chi connectivity index (χ1n) is 7.90. The van der Waals surface area contributed by atoms with Crippen molar-refractivity contribution in [2.75, 3.05) is 6.61 Å². The summed E-state index contributed by atoms with van der Waals surface area (Å²) in [5, 5.41) is 8.80. The molecule has 4 bridgehead atoms. The summed E-state index contributed by atoms with van der Waals surface area (Å²) >= 11 is 0. The molecule has 0 atom stereocenters. The average molecular weight is 236 g/mol. The van der Waals surface area contributed by atoms with Crippen molar-refractivity contribution in [2.45, 2.75) is 70.6 Å². The van der Waals surface area contributed by atoms with Crippen LogP contribution in [0.4, 0.5) is 0 Å². The summed E-state index contributed by atoms with van der Waals surface area (Å²) in [4.78, 5) is 0. The van der Waals surface area contributed by atoms with E-state index in [0.29, 0.717) is 6.61 Å². The molecule has 98 valence electrons. The van der Waals surface area contributed by atoms with Gasteiger partial charge in [0.15, 0.2) is 0 Å². The van der Waals surface area contributed by atoms with Crippen molar-refractivity contribution in [3.05, 3.63) is 0 Å². The third-order valence-electron chi connectivity index (χ3n) is 5.78. The second-order valence-corrected chi connectivity index (χ2v) is 7.31. The highest BCUT2D eigenvalue weighted by atomic mass is 16.2. The first-order chi connectivity index (χ1) is 8.30. The molecule has 1 heteroatoms. The Hall–Kier alpha value is -0.0400. The number of unbranched alkanes of at least 4 members (excludes halogenated alkanes) is 3. The first-order valence-corrected chi connectivity index (χ1v) is 7.90. The molecule has 4 fully saturated rings. The summed E-state index contributed by atoms with van der Waals surface area (Å²) in [6.07, 6.45) is 16.0. The zero-order valence-electron chi connectivity index (χ0n) is 11.2. The summed E-state index contributed by atoms with van der Waals surface area (Å²) < 4.78 is 0. The molecule has 4 aliphatic carbocycles. The highest BCUT2D eigenvalue weighted by Gasteiger charge is 2.50. The van der Waals surface area contributed by atoms with E-state index in [-0.39, 0.29) is 0 Å². The van der Waals surface area contributed by atoms with E-state index in [0.717, 1.165) is 29.6 Å². The predicted molar refractivity (Wildman–Crippen MR) is 70.8 cm³/mol. The summed E-state index contributed by atoms with van der Waals surface area (Å²) in [5.74, 6) is 3.33. The Labute approximate surface area is 106 Å². The van der Waals surface area contributed by atoms with E-state index in [1.165, 1.54) is 25.7 Å². The van der Waals surface area contributed by atoms with Crippen molar-refractivity contribution in [1.29, 1.82) is 0 Å². The Morgan fingerprint density at radius 2 is 1.29 bits per heavy atom. The highest BCUT2D eigenvalue weighted by molar-refractivity contribution is 5.01. The lowest BCUT2D eigenvalue weighted by molar-refractivity contribution is -0.0583. The number of rotatable bonds is 6. The lowest BCUT2D eigenvalue weighted by Crippen LogP contribution is -2.45. The molecular weight excluding hydrogens is 208 g/mol. The third kappa shape index (κ3) is 2.54. The van der Waals surface area contributed by atoms with Gasteiger partial charge in [-0.25, -0.2) is 0 Å². The minimum atomic E-state index is 0.386. The van der Waals surface area contributed by atoms with Crippen LogP contribution in [0, 0.1) is 23.2 Å². The monoisotopic (exact) mass is 236 g/mol. The van der Waals surface area contributed by atoms with Gasteiger partial charge in [0.2, 0.25) is 0 Å². The average Bonchev–Trinajstić information content (AvgIpc) is 2.26. The first kappa shape index (κ1) is 12.0. The molecule has 0 aromatic heterocycles. The Morgan fingerprint density at radius 3 is 1.82 bits per heavy atom. The fourth-order valence-corrected chi connectivity index (χ4v) is 5.56. The van der Waals surface area contributed by atoms with Crippen LogP contribution in [0.2, 0.25) is 0 Å². The molecule has 0 radical (unpaired) electrons. The SMILES string of the molecule is OCCCCCCC12CC3CC(CC(C3)C1)C2. The maximum absolute atomic E-state index is 8.80. The van der Waals surface area contributed by atoms with Gasteiger partial charge in [0.25, 0.3) is 0 Å². The molecule has 0 saturated heterocycles. The standard InChI is InChI=1S/C16H28O/c17-6-4-2-1-3-5-16-10-13-7-14(11-16)9-15(8-13)12-16/h13-15,17H,1-12H2. The van der Waals surface area contributed by atoms with Gasteiger partial charge in [0.1, 0.15) is 0 Å². The fourth-order valence-electron chi connectivity index (χ4n) is 5.56. The number of aliphatic hydroxyl groups excluding tert-OH is 1. The zero-order valence-corrected chi connectivity index (χ0v) is 11.2. The molecular formula is C16H28O. The van der Waals surface area contributed by atoms with E-state index in [4.69, 9.17) is 5.11 Å². The summed E-state index contributed by atoms with van der Waals surface area (Å²) in [5.41, 5.74) is 0.786. The molecule has 17 heavy (non-hydrogen) atoms. The lowest BCUT2D eigenvalue weighted by Gasteiger charge is -2.57. The van der Waals surface area contributed by atoms with Crippen LogP contribution in [0.5, 0.6) is 0 Å². The maximum atomic E-state index is 8.80. The van der Waals surface area contributed by atoms with Crippen LogP contribution in [-0.4, -0.2) is 11.7 Å². The molecule has 1 nitrogen and oxygen atoms in total. The molecule has 0 heterocycles. The van der Waals surface area contributed by atoms with Crippen molar-refractivity contribution in [3.8, 4) is 0 Å². The van der Waals surface area contributed by atoms with Gasteiger partial charge >= 0.3 is 0 Å². The van der Waals surface area contributed by atoms with Crippen LogP contribution < -0.4 is 0 Å². The molecule has 0 amide bonds. The lowest BCUT2D eigenvalue weighted by atomic mass is 9.48. The molecule has 0 unspecified atom stereocenters. The van der Waals surface area contributed by atoms with Gasteiger partial charge in [-0.05, 0) is 74.5 Å². The zero-order chi connectivity index (χ0) is 11.7. The van der Waals surface area contributed by atoms with Gasteiger partial charge < -0.3 is 5.11 Å². The van der Waals surface area contributed by atoms with Crippen molar-refractivity contribution in [2.24, 2.45) is 23.2 Å². The summed E-state index contributed by atoms with van der Waals surface area (Å²) in [6, 6.07) is 0. The second-order valence-electron chi connectivity index (χ2n) is 7.31. The van der Waals surface area contributed by atoms with Gasteiger partial charge in [0.05, 0.1) is 0 Å². The third-order valence-corrected chi connectivity index (χ3v) is 5.78. The van der Waals surface area contributed by atoms with Crippen LogP contribution in [0.1, 0.15) is 70.6 Å². The van der Waals surface area contributed by atoms with Gasteiger partial charge in [-0.1, -0.05) is 19.3 Å². The molecule has 0 aliphatic heterocycles. The van der Waals surface area contributed by atoms with Crippen molar-refractivity contribution >= 4 is 0 Å². The smallest absolute Gasteiger partial charge is 0.0431 e. The molecule has 0 spiro atoms. The van der Waals surface area contributed by atoms with Crippen LogP contribution in [0.15, 0.2) is 0 Å². The van der Waals surface area contributed by atoms with Crippen molar-refractivity contribution < 1.29 is 5.11 Å². The normalized spacial score (nSPS) is 43.2. The number of aliphatic hydroxyl groups is 1. The Morgan fingerprint density at radius 1 is 0.765 bits per heavy atom. The van der Waals surface area contributed by atoms with E-state index in [9.17, 15) is 0 Å². The molecule has 1 N–H and O–H groups in total. The Kier molecular flexibility index (Phi) is 3.47. The van der Waals surface area contributed by atoms with Crippen molar-refractivity contribution in [1.82, 2.24) is 0 Å². The molecule has 4 aliphatic rings. The molecule has 4 rings (SSSR count).